The molecule has 116 valence electrons. The van der Waals surface area contributed by atoms with Crippen LogP contribution in [0.5, 0.6) is 5.75 Å². The van der Waals surface area contributed by atoms with E-state index in [1.807, 2.05) is 0 Å². The molecule has 0 atom stereocenters. The third kappa shape index (κ3) is 2.62. The fourth-order valence-electron chi connectivity index (χ4n) is 2.17. The van der Waals surface area contributed by atoms with Crippen LogP contribution >= 0.6 is 0 Å². The van der Waals surface area contributed by atoms with Gasteiger partial charge in [-0.1, -0.05) is 0 Å². The van der Waals surface area contributed by atoms with E-state index in [0.717, 1.165) is 12.6 Å². The predicted molar refractivity (Wildman–Crippen MR) is 72.2 cm³/mol. The zero-order valence-corrected chi connectivity index (χ0v) is 11.8. The van der Waals surface area contributed by atoms with Crippen LogP contribution in [0.4, 0.5) is 4.39 Å². The summed E-state index contributed by atoms with van der Waals surface area (Å²) >= 11 is 0. The minimum atomic E-state index is -0.585. The van der Waals surface area contributed by atoms with Gasteiger partial charge in [0.1, 0.15) is 18.4 Å². The number of hydrogen-bond donors (Lipinski definition) is 1. The summed E-state index contributed by atoms with van der Waals surface area (Å²) in [5.74, 6) is 0.121. The molecule has 0 spiro atoms. The molecule has 1 aliphatic rings. The number of nitrogens with zero attached hydrogens (tertiary/aromatic N) is 5. The van der Waals surface area contributed by atoms with Crippen molar-refractivity contribution in [2.75, 3.05) is 13.1 Å². The van der Waals surface area contributed by atoms with E-state index in [4.69, 9.17) is 9.84 Å². The number of rotatable bonds is 5. The van der Waals surface area contributed by atoms with E-state index in [9.17, 15) is 9.18 Å². The molecule has 3 rings (SSSR count). The monoisotopic (exact) mass is 307 g/mol. The van der Waals surface area contributed by atoms with Gasteiger partial charge in [-0.05, 0) is 0 Å². The van der Waals surface area contributed by atoms with Crippen LogP contribution in [0.1, 0.15) is 5.82 Å². The zero-order chi connectivity index (χ0) is 15.7. The first-order chi connectivity index (χ1) is 10.6. The van der Waals surface area contributed by atoms with Crippen molar-refractivity contribution >= 4 is 6.41 Å². The Balaban J connectivity index is 1.83. The molecule has 9 heteroatoms. The summed E-state index contributed by atoms with van der Waals surface area (Å²) in [4.78, 5) is 20.1. The molecular formula is C13H14FN5O3. The van der Waals surface area contributed by atoms with Gasteiger partial charge in [-0.2, -0.15) is 5.10 Å². The molecule has 8 nitrogen and oxygen atoms in total. The number of likely N-dealkylation sites (tertiary alicyclic amines) is 1. The van der Waals surface area contributed by atoms with Crippen molar-refractivity contribution in [2.24, 2.45) is 7.05 Å². The topological polar surface area (TPSA) is 93.4 Å². The van der Waals surface area contributed by atoms with E-state index in [1.165, 1.54) is 15.6 Å². The van der Waals surface area contributed by atoms with Gasteiger partial charge >= 0.3 is 0 Å². The summed E-state index contributed by atoms with van der Waals surface area (Å²) in [5, 5.41) is 13.1. The molecule has 1 aliphatic heterocycles. The van der Waals surface area contributed by atoms with E-state index >= 15 is 0 Å². The van der Waals surface area contributed by atoms with E-state index in [2.05, 4.69) is 15.1 Å². The molecule has 2 aromatic heterocycles. The fraction of sp³-hybridized carbons (Fsp3) is 0.385. The maximum absolute atomic E-state index is 13.8. The number of carbonyl (C=O) groups excluding carboxylic acids is 1. The molecule has 1 amide bonds. The first kappa shape index (κ1) is 14.4. The molecule has 1 N–H and O–H groups in total. The van der Waals surface area contributed by atoms with E-state index in [0.29, 0.717) is 24.6 Å². The van der Waals surface area contributed by atoms with E-state index in [1.54, 1.807) is 7.05 Å². The molecule has 0 saturated carbocycles. The van der Waals surface area contributed by atoms with Crippen LogP contribution in [0.3, 0.4) is 0 Å². The summed E-state index contributed by atoms with van der Waals surface area (Å²) in [5.41, 5.74) is 0.387. The standard InChI is InChI=1S/C13H14FN5O3/c1-18-13(16-12(6-20)17-18)10-2-11(9(14)3-15-10)22-8-4-19(5-8)7-21/h2-3,7-8,20H,4-6H2,1H3. The lowest BCUT2D eigenvalue weighted by Gasteiger charge is -2.36. The van der Waals surface area contributed by atoms with Crippen LogP contribution in [0, 0.1) is 5.82 Å². The maximum atomic E-state index is 13.8. The van der Waals surface area contributed by atoms with Gasteiger partial charge in [-0.15, -0.1) is 0 Å². The molecule has 1 saturated heterocycles. The third-order valence-electron chi connectivity index (χ3n) is 3.32. The normalized spacial score (nSPS) is 14.8. The fourth-order valence-corrected chi connectivity index (χ4v) is 2.17. The highest BCUT2D eigenvalue weighted by atomic mass is 19.1. The largest absolute Gasteiger partial charge is 0.483 e. The average molecular weight is 307 g/mol. The van der Waals surface area contributed by atoms with Crippen molar-refractivity contribution in [1.82, 2.24) is 24.6 Å². The Hall–Kier alpha value is -2.55. The Morgan fingerprint density at radius 2 is 2.32 bits per heavy atom. The summed E-state index contributed by atoms with van der Waals surface area (Å²) in [6.07, 6.45) is 1.54. The number of aromatic nitrogens is 4. The molecular weight excluding hydrogens is 293 g/mol. The molecule has 0 bridgehead atoms. The van der Waals surface area contributed by atoms with Gasteiger partial charge < -0.3 is 14.7 Å². The Bertz CT molecular complexity index is 699. The molecule has 3 heterocycles. The number of carbonyl (C=O) groups is 1. The van der Waals surface area contributed by atoms with Crippen LogP contribution in [0.25, 0.3) is 11.5 Å². The minimum absolute atomic E-state index is 0.0501. The number of halogens is 1. The number of ether oxygens (including phenoxy) is 1. The van der Waals surface area contributed by atoms with Crippen LogP contribution in [-0.4, -0.2) is 55.4 Å². The smallest absolute Gasteiger partial charge is 0.209 e. The first-order valence-electron chi connectivity index (χ1n) is 6.63. The predicted octanol–water partition coefficient (Wildman–Crippen LogP) is -0.272. The van der Waals surface area contributed by atoms with Crippen molar-refractivity contribution in [2.45, 2.75) is 12.7 Å². The molecule has 2 aromatic rings. The molecule has 1 fully saturated rings. The highest BCUT2D eigenvalue weighted by Crippen LogP contribution is 2.25. The lowest BCUT2D eigenvalue weighted by Crippen LogP contribution is -2.52. The Labute approximate surface area is 125 Å². The SMILES string of the molecule is Cn1nc(CO)nc1-c1cc(OC2CN(C=O)C2)c(F)cn1. The zero-order valence-electron chi connectivity index (χ0n) is 11.8. The third-order valence-corrected chi connectivity index (χ3v) is 3.32. The Morgan fingerprint density at radius 1 is 1.55 bits per heavy atom. The number of amides is 1. The van der Waals surface area contributed by atoms with Gasteiger partial charge in [0.05, 0.1) is 19.3 Å². The summed E-state index contributed by atoms with van der Waals surface area (Å²) in [7, 11) is 1.65. The van der Waals surface area contributed by atoms with Crippen LogP contribution in [0.15, 0.2) is 12.3 Å². The maximum Gasteiger partial charge on any atom is 0.209 e. The number of hydrogen-bond acceptors (Lipinski definition) is 6. The van der Waals surface area contributed by atoms with Gasteiger partial charge in [-0.25, -0.2) is 19.0 Å². The lowest BCUT2D eigenvalue weighted by molar-refractivity contribution is -0.126. The Morgan fingerprint density at radius 3 is 2.95 bits per heavy atom. The van der Waals surface area contributed by atoms with Gasteiger partial charge in [0.25, 0.3) is 0 Å². The van der Waals surface area contributed by atoms with Crippen molar-refractivity contribution in [3.63, 3.8) is 0 Å². The molecule has 0 aromatic carbocycles. The lowest BCUT2D eigenvalue weighted by atomic mass is 10.2. The van der Waals surface area contributed by atoms with Crippen molar-refractivity contribution in [3.8, 4) is 17.3 Å². The first-order valence-corrected chi connectivity index (χ1v) is 6.63. The second-order valence-electron chi connectivity index (χ2n) is 4.93. The van der Waals surface area contributed by atoms with Crippen molar-refractivity contribution < 1.29 is 19.0 Å². The number of aryl methyl sites for hydroxylation is 1. The second-order valence-corrected chi connectivity index (χ2v) is 4.93. The van der Waals surface area contributed by atoms with Crippen LogP contribution in [0.2, 0.25) is 0 Å². The van der Waals surface area contributed by atoms with Gasteiger partial charge in [0.15, 0.2) is 23.2 Å². The van der Waals surface area contributed by atoms with E-state index < -0.39 is 5.82 Å². The molecule has 0 radical (unpaired) electrons. The van der Waals surface area contributed by atoms with Gasteiger partial charge in [-0.3, -0.25) is 4.79 Å². The average Bonchev–Trinajstić information content (AvgIpc) is 2.85. The van der Waals surface area contributed by atoms with Gasteiger partial charge in [0, 0.05) is 13.1 Å². The van der Waals surface area contributed by atoms with Crippen molar-refractivity contribution in [1.29, 1.82) is 0 Å². The van der Waals surface area contributed by atoms with E-state index in [-0.39, 0.29) is 24.3 Å². The summed E-state index contributed by atoms with van der Waals surface area (Å²) in [6.45, 7) is 0.570. The summed E-state index contributed by atoms with van der Waals surface area (Å²) in [6, 6.07) is 1.43. The van der Waals surface area contributed by atoms with Crippen LogP contribution in [-0.2, 0) is 18.4 Å². The van der Waals surface area contributed by atoms with Crippen molar-refractivity contribution in [3.05, 3.63) is 23.9 Å². The second kappa shape index (κ2) is 5.68. The van der Waals surface area contributed by atoms with Crippen LogP contribution < -0.4 is 4.74 Å². The highest BCUT2D eigenvalue weighted by Gasteiger charge is 2.28. The molecule has 22 heavy (non-hydrogen) atoms. The number of aliphatic hydroxyl groups excluding tert-OH is 1. The highest BCUT2D eigenvalue weighted by molar-refractivity contribution is 5.52. The molecule has 0 aliphatic carbocycles. The quantitative estimate of drug-likeness (QED) is 0.764. The minimum Gasteiger partial charge on any atom is -0.483 e. The number of pyridine rings is 1. The number of aliphatic hydroxyl groups is 1. The molecule has 0 unspecified atom stereocenters. The summed E-state index contributed by atoms with van der Waals surface area (Å²) < 4.78 is 20.8. The Kier molecular flexibility index (Phi) is 3.72. The van der Waals surface area contributed by atoms with Gasteiger partial charge in [0.2, 0.25) is 6.41 Å².